The second kappa shape index (κ2) is 18.5. The van der Waals surface area contributed by atoms with Crippen LogP contribution in [-0.2, 0) is 18.3 Å². The van der Waals surface area contributed by atoms with E-state index in [-0.39, 0.29) is 17.0 Å². The first kappa shape index (κ1) is 19.4. The molecule has 0 amide bonds. The Morgan fingerprint density at radius 2 is 0.875 bits per heavy atom. The van der Waals surface area contributed by atoms with E-state index >= 15 is 0 Å². The van der Waals surface area contributed by atoms with Gasteiger partial charge in [-0.3, -0.25) is 0 Å². The first-order valence-corrected chi connectivity index (χ1v) is 9.31. The third kappa shape index (κ3) is 17.5. The molecular weight excluding hydrogens is 313 g/mol. The number of unbranched alkanes of at least 4 members (excludes halogenated alkanes) is 11. The summed E-state index contributed by atoms with van der Waals surface area (Å²) < 4.78 is 0. The first-order valence-electron chi connectivity index (χ1n) is 7.21. The largest absolute Gasteiger partial charge is 1.00 e. The quantitative estimate of drug-likeness (QED) is 0.378. The fourth-order valence-corrected chi connectivity index (χ4v) is 2.76. The zero-order chi connectivity index (χ0) is 11.2. The van der Waals surface area contributed by atoms with Crippen molar-refractivity contribution in [3.05, 3.63) is 0 Å². The van der Waals surface area contributed by atoms with Crippen molar-refractivity contribution >= 4 is 0 Å². The molecule has 0 rings (SSSR count). The summed E-state index contributed by atoms with van der Waals surface area (Å²) in [5, 5.41) is 1.50. The summed E-state index contributed by atoms with van der Waals surface area (Å²) in [7, 11) is 0. The van der Waals surface area contributed by atoms with Crippen molar-refractivity contribution < 1.29 is 35.3 Å². The minimum Gasteiger partial charge on any atom is -1.00 e. The summed E-state index contributed by atoms with van der Waals surface area (Å²) in [5.74, 6) is 0. The van der Waals surface area contributed by atoms with Gasteiger partial charge in [0.05, 0.1) is 0 Å². The summed E-state index contributed by atoms with van der Waals surface area (Å²) in [5.41, 5.74) is 0. The average Bonchev–Trinajstić information content (AvgIpc) is 2.26. The molecule has 0 aliphatic carbocycles. The van der Waals surface area contributed by atoms with Gasteiger partial charge in [-0.15, -0.1) is 0 Å². The van der Waals surface area contributed by atoms with Crippen molar-refractivity contribution in [2.45, 2.75) is 89.0 Å². The average molecular weight is 343 g/mol. The molecule has 94 valence electrons. The van der Waals surface area contributed by atoms with Crippen LogP contribution in [-0.4, -0.2) is 0 Å². The molecule has 0 atom stereocenters. The van der Waals surface area contributed by atoms with E-state index in [4.69, 9.17) is 0 Å². The monoisotopic (exact) mass is 340 g/mol. The standard InChI is InChI=1S/C14H29.BrH.Zn/c1-3-5-7-9-11-13-14-12-10-8-6-4-2;;/h1,3-14H2,2H3;1H;/q;;+1/p-1. The van der Waals surface area contributed by atoms with E-state index in [1.807, 2.05) is 0 Å². The van der Waals surface area contributed by atoms with Gasteiger partial charge in [-0.1, -0.05) is 13.3 Å². The summed E-state index contributed by atoms with van der Waals surface area (Å²) in [6, 6.07) is 0. The molecule has 0 saturated carbocycles. The number of rotatable bonds is 12. The van der Waals surface area contributed by atoms with Gasteiger partial charge in [0.2, 0.25) is 0 Å². The van der Waals surface area contributed by atoms with E-state index < -0.39 is 0 Å². The molecular formula is C14H29BrZn. The number of halogens is 1. The van der Waals surface area contributed by atoms with Crippen LogP contribution in [0.3, 0.4) is 0 Å². The molecule has 0 saturated heterocycles. The number of hydrogen-bond acceptors (Lipinski definition) is 0. The second-order valence-corrected chi connectivity index (χ2v) is 6.23. The van der Waals surface area contributed by atoms with Crippen LogP contribution in [0.25, 0.3) is 0 Å². The van der Waals surface area contributed by atoms with Gasteiger partial charge in [-0.2, -0.15) is 0 Å². The fraction of sp³-hybridized carbons (Fsp3) is 1.00. The van der Waals surface area contributed by atoms with Gasteiger partial charge in [0.1, 0.15) is 0 Å². The molecule has 0 aromatic carbocycles. The second-order valence-electron chi connectivity index (χ2n) is 4.74. The van der Waals surface area contributed by atoms with Crippen LogP contribution in [0.2, 0.25) is 5.02 Å². The van der Waals surface area contributed by atoms with E-state index in [2.05, 4.69) is 6.92 Å². The maximum absolute atomic E-state index is 2.29. The molecule has 0 nitrogen and oxygen atoms in total. The summed E-state index contributed by atoms with van der Waals surface area (Å²) in [6.07, 6.45) is 17.7. The van der Waals surface area contributed by atoms with Gasteiger partial charge in [0, 0.05) is 0 Å². The van der Waals surface area contributed by atoms with Gasteiger partial charge >= 0.3 is 93.9 Å². The van der Waals surface area contributed by atoms with Crippen LogP contribution in [0.15, 0.2) is 0 Å². The predicted molar refractivity (Wildman–Crippen MR) is 65.9 cm³/mol. The molecule has 0 aliphatic rings. The smallest absolute Gasteiger partial charge is 1.00 e. The Bertz CT molecular complexity index is 94.9. The Morgan fingerprint density at radius 1 is 0.562 bits per heavy atom. The van der Waals surface area contributed by atoms with Gasteiger partial charge in [0.15, 0.2) is 0 Å². The molecule has 0 aromatic heterocycles. The summed E-state index contributed by atoms with van der Waals surface area (Å²) >= 11 is 1.50. The minimum absolute atomic E-state index is 0. The molecule has 0 aliphatic heterocycles. The van der Waals surface area contributed by atoms with E-state index in [1.165, 1.54) is 100 Å². The Morgan fingerprint density at radius 3 is 1.19 bits per heavy atom. The molecule has 0 bridgehead atoms. The first-order chi connectivity index (χ1) is 7.41. The van der Waals surface area contributed by atoms with E-state index in [9.17, 15) is 0 Å². The molecule has 0 unspecified atom stereocenters. The molecule has 0 fully saturated rings. The van der Waals surface area contributed by atoms with Crippen LogP contribution >= 0.6 is 0 Å². The van der Waals surface area contributed by atoms with Crippen molar-refractivity contribution in [2.75, 3.05) is 0 Å². The van der Waals surface area contributed by atoms with Gasteiger partial charge in [-0.25, -0.2) is 0 Å². The maximum Gasteiger partial charge on any atom is -1.00 e. The summed E-state index contributed by atoms with van der Waals surface area (Å²) in [6.45, 7) is 2.29. The zero-order valence-corrected chi connectivity index (χ0v) is 15.8. The third-order valence-corrected chi connectivity index (χ3v) is 4.15. The predicted octanol–water partition coefficient (Wildman–Crippen LogP) is 2.66. The normalized spacial score (nSPS) is 10.2. The molecule has 0 heterocycles. The molecule has 0 aromatic rings. The molecule has 16 heavy (non-hydrogen) atoms. The van der Waals surface area contributed by atoms with E-state index in [0.717, 1.165) is 0 Å². The van der Waals surface area contributed by atoms with Crippen LogP contribution in [0.5, 0.6) is 0 Å². The van der Waals surface area contributed by atoms with Crippen molar-refractivity contribution in [3.8, 4) is 0 Å². The SMILES string of the molecule is CCCCCCCCCCCCC[CH2][Zn+].[Br-]. The molecule has 2 heteroatoms. The van der Waals surface area contributed by atoms with Crippen LogP contribution in [0.4, 0.5) is 0 Å². The molecule has 0 radical (unpaired) electrons. The van der Waals surface area contributed by atoms with Crippen molar-refractivity contribution in [1.82, 2.24) is 0 Å². The zero-order valence-electron chi connectivity index (χ0n) is 11.3. The Hall–Kier alpha value is 1.10. The maximum atomic E-state index is 2.29. The minimum atomic E-state index is 0. The number of hydrogen-bond donors (Lipinski definition) is 0. The Labute approximate surface area is 124 Å². The van der Waals surface area contributed by atoms with E-state index in [1.54, 1.807) is 0 Å². The van der Waals surface area contributed by atoms with Gasteiger partial charge < -0.3 is 17.0 Å². The van der Waals surface area contributed by atoms with Crippen molar-refractivity contribution in [2.24, 2.45) is 0 Å². The van der Waals surface area contributed by atoms with Crippen LogP contribution in [0.1, 0.15) is 84.0 Å². The Balaban J connectivity index is 0. The molecule has 0 N–H and O–H groups in total. The third-order valence-electron chi connectivity index (χ3n) is 3.10. The topological polar surface area (TPSA) is 0 Å². The van der Waals surface area contributed by atoms with Crippen LogP contribution in [0, 0.1) is 0 Å². The van der Waals surface area contributed by atoms with Crippen molar-refractivity contribution in [3.63, 3.8) is 0 Å². The molecule has 0 spiro atoms. The van der Waals surface area contributed by atoms with Gasteiger partial charge in [-0.05, 0) is 0 Å². The van der Waals surface area contributed by atoms with Crippen molar-refractivity contribution in [1.29, 1.82) is 0 Å². The van der Waals surface area contributed by atoms with Gasteiger partial charge in [0.25, 0.3) is 0 Å². The Kier molecular flexibility index (Phi) is 22.4. The van der Waals surface area contributed by atoms with E-state index in [0.29, 0.717) is 0 Å². The van der Waals surface area contributed by atoms with Crippen LogP contribution < -0.4 is 17.0 Å². The fourth-order valence-electron chi connectivity index (χ4n) is 2.02. The summed E-state index contributed by atoms with van der Waals surface area (Å²) in [4.78, 5) is 0.